The number of halogens is 1. The molecule has 0 aliphatic carbocycles. The van der Waals surface area contributed by atoms with E-state index in [1.807, 2.05) is 66.7 Å². The first-order chi connectivity index (χ1) is 20.9. The molecule has 2 aliphatic rings. The summed E-state index contributed by atoms with van der Waals surface area (Å²) in [5.41, 5.74) is 5.64. The number of nitrogens with one attached hydrogen (secondary N) is 3. The number of hydroxylamine groups is 2. The first kappa shape index (κ1) is 26.6. The molecule has 8 rings (SSSR count). The van der Waals surface area contributed by atoms with E-state index in [0.29, 0.717) is 41.4 Å². The fourth-order valence-corrected chi connectivity index (χ4v) is 6.02. The minimum absolute atomic E-state index is 0.161. The van der Waals surface area contributed by atoms with Crippen LogP contribution in [0.4, 0.5) is 11.4 Å². The molecule has 0 radical (unpaired) electrons. The Morgan fingerprint density at radius 2 is 1.65 bits per heavy atom. The van der Waals surface area contributed by atoms with Gasteiger partial charge in [-0.05, 0) is 59.8 Å². The van der Waals surface area contributed by atoms with E-state index in [4.69, 9.17) is 4.84 Å². The maximum absolute atomic E-state index is 13.8. The molecule has 0 bridgehead atoms. The van der Waals surface area contributed by atoms with Crippen LogP contribution in [0.1, 0.15) is 36.9 Å². The van der Waals surface area contributed by atoms with Crippen LogP contribution in [-0.2, 0) is 6.42 Å². The van der Waals surface area contributed by atoms with E-state index in [1.165, 1.54) is 11.4 Å². The maximum Gasteiger partial charge on any atom is 0.286 e. The van der Waals surface area contributed by atoms with Crippen molar-refractivity contribution >= 4 is 73.3 Å². The number of hydrogen-bond acceptors (Lipinski definition) is 4. The third-order valence-corrected chi connectivity index (χ3v) is 7.97. The van der Waals surface area contributed by atoms with Crippen LogP contribution in [0.25, 0.3) is 32.6 Å². The van der Waals surface area contributed by atoms with Crippen LogP contribution < -0.4 is 15.1 Å². The van der Waals surface area contributed by atoms with Crippen molar-refractivity contribution in [1.82, 2.24) is 15.0 Å². The number of aromatic amines is 2. The van der Waals surface area contributed by atoms with Gasteiger partial charge in [0.15, 0.2) is 5.75 Å². The average Bonchev–Trinajstić information content (AvgIpc) is 3.77. The molecule has 0 saturated carbocycles. The molecule has 0 fully saturated rings. The third-order valence-electron chi connectivity index (χ3n) is 7.97. The van der Waals surface area contributed by atoms with Crippen molar-refractivity contribution in [2.75, 3.05) is 30.2 Å². The monoisotopic (exact) mass is 591 g/mol. The summed E-state index contributed by atoms with van der Waals surface area (Å²) in [6.45, 7) is 0.516. The van der Waals surface area contributed by atoms with Gasteiger partial charge in [0.2, 0.25) is 0 Å². The van der Waals surface area contributed by atoms with Crippen LogP contribution in [0.2, 0.25) is 0 Å². The van der Waals surface area contributed by atoms with Crippen LogP contribution >= 0.6 is 11.6 Å². The molecule has 0 unspecified atom stereocenters. The molecule has 4 aromatic carbocycles. The van der Waals surface area contributed by atoms with Gasteiger partial charge in [0.05, 0.1) is 11.3 Å². The Kier molecular flexibility index (Phi) is 6.32. The van der Waals surface area contributed by atoms with Gasteiger partial charge in [0, 0.05) is 58.9 Å². The van der Waals surface area contributed by atoms with E-state index >= 15 is 0 Å². The highest BCUT2D eigenvalue weighted by molar-refractivity contribution is 6.16. The predicted octanol–water partition coefficient (Wildman–Crippen LogP) is 6.49. The van der Waals surface area contributed by atoms with Gasteiger partial charge in [-0.3, -0.25) is 14.4 Å². The van der Waals surface area contributed by atoms with Crippen LogP contribution in [-0.4, -0.2) is 52.7 Å². The quantitative estimate of drug-likeness (QED) is 0.204. The van der Waals surface area contributed by atoms with Crippen molar-refractivity contribution < 1.29 is 19.2 Å². The Morgan fingerprint density at radius 1 is 0.884 bits per heavy atom. The summed E-state index contributed by atoms with van der Waals surface area (Å²) in [4.78, 5) is 53.2. The zero-order valence-electron chi connectivity index (χ0n) is 23.3. The van der Waals surface area contributed by atoms with Crippen molar-refractivity contribution in [1.29, 1.82) is 0 Å². The Hall–Kier alpha value is -5.28. The Balaban J connectivity index is 0.00000147. The van der Waals surface area contributed by atoms with E-state index in [-0.39, 0.29) is 17.7 Å². The number of carbonyl (C=O) groups excluding carboxylic acids is 3. The molecular weight excluding hydrogens is 566 g/mol. The average molecular weight is 592 g/mol. The van der Waals surface area contributed by atoms with Gasteiger partial charge in [-0.1, -0.05) is 30.3 Å². The van der Waals surface area contributed by atoms with Crippen molar-refractivity contribution in [3.05, 3.63) is 101 Å². The number of anilines is 2. The van der Waals surface area contributed by atoms with Crippen LogP contribution in [0.15, 0.2) is 78.9 Å². The number of amides is 3. The fraction of sp³-hybridized carbons (Fsp3) is 0.121. The molecule has 0 spiro atoms. The molecule has 43 heavy (non-hydrogen) atoms. The number of rotatable bonds is 3. The Labute approximate surface area is 250 Å². The first-order valence-corrected chi connectivity index (χ1v) is 14.5. The van der Waals surface area contributed by atoms with Crippen molar-refractivity contribution in [2.45, 2.75) is 6.42 Å². The number of alkyl halides is 1. The van der Waals surface area contributed by atoms with E-state index in [0.717, 1.165) is 43.8 Å². The summed E-state index contributed by atoms with van der Waals surface area (Å²) in [5.74, 6) is -0.0337. The second kappa shape index (κ2) is 10.2. The molecule has 2 aliphatic heterocycles. The molecule has 0 saturated heterocycles. The van der Waals surface area contributed by atoms with Crippen LogP contribution in [0.3, 0.4) is 0 Å². The minimum atomic E-state index is -0.241. The molecule has 3 N–H and O–H groups in total. The standard InChI is InChI=1S/C32H23N5O4.CH3Cl/c1-36-31(39)22-7-4-6-21-20-11-12-37(27(20)16-28(41-36)29(21)22)32(40)26-15-18-13-19(9-10-24(18)35-26)33-30(38)25-14-17-5-2-3-8-23(17)34-25;1-2/h2-10,13-16,34-35H,11-12H2,1H3,(H,33,38);1H3. The summed E-state index contributed by atoms with van der Waals surface area (Å²) < 4.78 is 0. The summed E-state index contributed by atoms with van der Waals surface area (Å²) in [6.07, 6.45) is 2.15. The Bertz CT molecular complexity index is 2080. The van der Waals surface area contributed by atoms with Crippen molar-refractivity contribution in [2.24, 2.45) is 0 Å². The molecule has 0 atom stereocenters. The SMILES string of the molecule is CCl.CN1Oc2cc3c(c4cccc(c24)C1=O)CCN3C(=O)c1cc2cc(NC(=O)c3cc4ccccc4[nH]3)ccc2[nH]1. The lowest BCUT2D eigenvalue weighted by Gasteiger charge is -2.27. The summed E-state index contributed by atoms with van der Waals surface area (Å²) in [6, 6.07) is 24.4. The van der Waals surface area contributed by atoms with Gasteiger partial charge in [0.25, 0.3) is 17.7 Å². The highest BCUT2D eigenvalue weighted by Gasteiger charge is 2.33. The van der Waals surface area contributed by atoms with Gasteiger partial charge < -0.3 is 25.0 Å². The highest BCUT2D eigenvalue weighted by atomic mass is 35.5. The molecule has 3 amide bonds. The number of H-pyrrole nitrogens is 2. The number of nitrogens with zero attached hydrogens (tertiary/aromatic N) is 2. The van der Waals surface area contributed by atoms with Gasteiger partial charge in [-0.2, -0.15) is 5.06 Å². The molecule has 2 aromatic heterocycles. The zero-order chi connectivity index (χ0) is 29.8. The molecule has 4 heterocycles. The zero-order valence-corrected chi connectivity index (χ0v) is 24.1. The van der Waals surface area contributed by atoms with Gasteiger partial charge in [0.1, 0.15) is 11.4 Å². The number of fused-ring (bicyclic) bond motifs is 4. The lowest BCUT2D eigenvalue weighted by atomic mass is 9.96. The number of carbonyl (C=O) groups is 3. The number of benzene rings is 4. The number of aromatic nitrogens is 2. The molecular formula is C33H26ClN5O4. The molecule has 6 aromatic rings. The summed E-state index contributed by atoms with van der Waals surface area (Å²) >= 11 is 4.64. The highest BCUT2D eigenvalue weighted by Crippen LogP contribution is 2.44. The fourth-order valence-electron chi connectivity index (χ4n) is 6.02. The van der Waals surface area contributed by atoms with Crippen molar-refractivity contribution in [3.63, 3.8) is 0 Å². The van der Waals surface area contributed by atoms with Gasteiger partial charge >= 0.3 is 0 Å². The maximum atomic E-state index is 13.8. The topological polar surface area (TPSA) is 111 Å². The summed E-state index contributed by atoms with van der Waals surface area (Å²) in [5, 5.41) is 7.66. The minimum Gasteiger partial charge on any atom is -0.376 e. The van der Waals surface area contributed by atoms with E-state index in [2.05, 4.69) is 26.9 Å². The predicted molar refractivity (Wildman–Crippen MR) is 168 cm³/mol. The van der Waals surface area contributed by atoms with Crippen molar-refractivity contribution in [3.8, 4) is 5.75 Å². The Morgan fingerprint density at radius 3 is 2.49 bits per heavy atom. The smallest absolute Gasteiger partial charge is 0.286 e. The van der Waals surface area contributed by atoms with Gasteiger partial charge in [-0.15, -0.1) is 11.6 Å². The normalized spacial score (nSPS) is 13.6. The molecule has 9 nitrogen and oxygen atoms in total. The van der Waals surface area contributed by atoms with Gasteiger partial charge in [-0.25, -0.2) is 0 Å². The number of hydrogen-bond donors (Lipinski definition) is 3. The summed E-state index contributed by atoms with van der Waals surface area (Å²) in [7, 11) is 1.58. The second-order valence-corrected chi connectivity index (χ2v) is 10.4. The largest absolute Gasteiger partial charge is 0.376 e. The molecule has 214 valence electrons. The molecule has 10 heteroatoms. The first-order valence-electron chi connectivity index (χ1n) is 13.7. The van der Waals surface area contributed by atoms with E-state index in [9.17, 15) is 14.4 Å². The van der Waals surface area contributed by atoms with Crippen LogP contribution in [0, 0.1) is 0 Å². The lowest BCUT2D eigenvalue weighted by molar-refractivity contribution is -0.0156. The lowest BCUT2D eigenvalue weighted by Crippen LogP contribution is -2.33. The number of para-hydroxylation sites is 1. The second-order valence-electron chi connectivity index (χ2n) is 10.4. The van der Waals surface area contributed by atoms with E-state index < -0.39 is 0 Å². The van der Waals surface area contributed by atoms with E-state index in [1.54, 1.807) is 24.1 Å². The third kappa shape index (κ3) is 4.28. The van der Waals surface area contributed by atoms with Crippen LogP contribution in [0.5, 0.6) is 5.75 Å².